The predicted molar refractivity (Wildman–Crippen MR) is 92.6 cm³/mol. The summed E-state index contributed by atoms with van der Waals surface area (Å²) >= 11 is 0. The first-order valence-electron chi connectivity index (χ1n) is 8.55. The maximum Gasteiger partial charge on any atom is 0.357 e. The van der Waals surface area contributed by atoms with Crippen molar-refractivity contribution in [3.8, 4) is 0 Å². The van der Waals surface area contributed by atoms with Crippen LogP contribution in [0, 0.1) is 0 Å². The second-order valence-corrected chi connectivity index (χ2v) is 6.31. The Labute approximate surface area is 144 Å². The highest BCUT2D eigenvalue weighted by Gasteiger charge is 2.26. The Hall–Kier alpha value is -2.70. The molecule has 1 amide bonds. The van der Waals surface area contributed by atoms with Crippen molar-refractivity contribution >= 4 is 22.6 Å². The van der Waals surface area contributed by atoms with Gasteiger partial charge in [-0.3, -0.25) is 9.59 Å². The summed E-state index contributed by atoms with van der Waals surface area (Å²) < 4.78 is 0.982. The molecule has 0 aliphatic carbocycles. The normalized spacial score (nSPS) is 17.6. The lowest BCUT2D eigenvalue weighted by molar-refractivity contribution is -0.135. The Morgan fingerprint density at radius 1 is 1.24 bits per heavy atom. The number of piperidine rings is 1. The first kappa shape index (κ1) is 17.1. The number of hydrogen-bond donors (Lipinski definition) is 1. The highest BCUT2D eigenvalue weighted by Crippen LogP contribution is 2.20. The predicted octanol–water partition coefficient (Wildman–Crippen LogP) is 1.89. The van der Waals surface area contributed by atoms with Gasteiger partial charge in [-0.1, -0.05) is 25.1 Å². The average Bonchev–Trinajstić information content (AvgIpc) is 2.63. The Bertz CT molecular complexity index is 874. The van der Waals surface area contributed by atoms with Gasteiger partial charge < -0.3 is 10.0 Å². The third-order valence-corrected chi connectivity index (χ3v) is 4.77. The van der Waals surface area contributed by atoms with Gasteiger partial charge in [0.15, 0.2) is 5.69 Å². The molecule has 0 unspecified atom stereocenters. The maximum absolute atomic E-state index is 12.7. The van der Waals surface area contributed by atoms with Crippen molar-refractivity contribution in [1.29, 1.82) is 0 Å². The van der Waals surface area contributed by atoms with E-state index in [0.29, 0.717) is 6.54 Å². The van der Waals surface area contributed by atoms with Crippen LogP contribution in [0.1, 0.15) is 43.1 Å². The first-order valence-corrected chi connectivity index (χ1v) is 8.55. The number of likely N-dealkylation sites (tertiary alicyclic amines) is 1. The van der Waals surface area contributed by atoms with E-state index in [1.54, 1.807) is 29.2 Å². The lowest BCUT2D eigenvalue weighted by atomic mass is 10.00. The van der Waals surface area contributed by atoms with E-state index in [9.17, 15) is 19.5 Å². The molecular formula is C18H21N3O4. The molecule has 0 radical (unpaired) electrons. The number of benzene rings is 1. The third kappa shape index (κ3) is 3.26. The van der Waals surface area contributed by atoms with Crippen molar-refractivity contribution in [2.75, 3.05) is 6.54 Å². The molecule has 25 heavy (non-hydrogen) atoms. The zero-order chi connectivity index (χ0) is 18.0. The molecule has 1 aromatic carbocycles. The third-order valence-electron chi connectivity index (χ3n) is 4.77. The molecule has 1 aromatic heterocycles. The highest BCUT2D eigenvalue weighted by molar-refractivity contribution is 6.01. The number of aromatic nitrogens is 2. The molecule has 0 bridgehead atoms. The fourth-order valence-corrected chi connectivity index (χ4v) is 3.47. The van der Waals surface area contributed by atoms with E-state index in [0.717, 1.165) is 30.4 Å². The van der Waals surface area contributed by atoms with Crippen molar-refractivity contribution < 1.29 is 14.7 Å². The SMILES string of the molecule is CC[C@H]1CCCCN1C(=O)Cn1nc(C(=O)O)c2ccccc2c1=O. The van der Waals surface area contributed by atoms with Crippen LogP contribution in [0.4, 0.5) is 0 Å². The fourth-order valence-electron chi connectivity index (χ4n) is 3.47. The zero-order valence-electron chi connectivity index (χ0n) is 14.1. The maximum atomic E-state index is 12.7. The van der Waals surface area contributed by atoms with Crippen molar-refractivity contribution in [3.63, 3.8) is 0 Å². The van der Waals surface area contributed by atoms with Crippen molar-refractivity contribution in [2.45, 2.75) is 45.2 Å². The molecule has 0 saturated carbocycles. The fraction of sp³-hybridized carbons (Fsp3) is 0.444. The van der Waals surface area contributed by atoms with Crippen LogP contribution >= 0.6 is 0 Å². The van der Waals surface area contributed by atoms with Gasteiger partial charge >= 0.3 is 5.97 Å². The van der Waals surface area contributed by atoms with E-state index in [4.69, 9.17) is 0 Å². The zero-order valence-corrected chi connectivity index (χ0v) is 14.1. The molecular weight excluding hydrogens is 322 g/mol. The minimum Gasteiger partial charge on any atom is -0.476 e. The van der Waals surface area contributed by atoms with Crippen molar-refractivity contribution in [2.24, 2.45) is 0 Å². The Kier molecular flexibility index (Phi) is 4.83. The second-order valence-electron chi connectivity index (χ2n) is 6.31. The molecule has 1 atom stereocenters. The van der Waals surface area contributed by atoms with Crippen LogP contribution < -0.4 is 5.56 Å². The van der Waals surface area contributed by atoms with E-state index in [2.05, 4.69) is 5.10 Å². The molecule has 1 fully saturated rings. The van der Waals surface area contributed by atoms with Crippen molar-refractivity contribution in [3.05, 3.63) is 40.3 Å². The number of aromatic carboxylic acids is 1. The van der Waals surface area contributed by atoms with Gasteiger partial charge in [0.1, 0.15) is 6.54 Å². The highest BCUT2D eigenvalue weighted by atomic mass is 16.4. The number of amides is 1. The Balaban J connectivity index is 1.98. The molecule has 3 rings (SSSR count). The van der Waals surface area contributed by atoms with Gasteiger partial charge in [0, 0.05) is 18.0 Å². The Morgan fingerprint density at radius 3 is 2.64 bits per heavy atom. The molecule has 1 aliphatic rings. The van der Waals surface area contributed by atoms with Gasteiger partial charge in [-0.15, -0.1) is 0 Å². The molecule has 2 heterocycles. The average molecular weight is 343 g/mol. The number of carbonyl (C=O) groups excluding carboxylic acids is 1. The molecule has 1 saturated heterocycles. The second kappa shape index (κ2) is 7.04. The number of nitrogens with zero attached hydrogens (tertiary/aromatic N) is 3. The minimum absolute atomic E-state index is 0.177. The van der Waals surface area contributed by atoms with Crippen LogP contribution in [-0.4, -0.2) is 44.3 Å². The van der Waals surface area contributed by atoms with Crippen LogP contribution in [0.25, 0.3) is 10.8 Å². The summed E-state index contributed by atoms with van der Waals surface area (Å²) in [7, 11) is 0. The van der Waals surface area contributed by atoms with Crippen LogP contribution in [0.5, 0.6) is 0 Å². The van der Waals surface area contributed by atoms with E-state index in [1.807, 2.05) is 6.92 Å². The van der Waals surface area contributed by atoms with Gasteiger partial charge in [-0.2, -0.15) is 5.10 Å². The Morgan fingerprint density at radius 2 is 1.96 bits per heavy atom. The largest absolute Gasteiger partial charge is 0.476 e. The lowest BCUT2D eigenvalue weighted by Crippen LogP contribution is -2.46. The number of carboxylic acids is 1. The molecule has 132 valence electrons. The summed E-state index contributed by atoms with van der Waals surface area (Å²) in [6.45, 7) is 2.48. The van der Waals surface area contributed by atoms with Gasteiger partial charge in [-0.25, -0.2) is 9.48 Å². The van der Waals surface area contributed by atoms with Crippen LogP contribution in [0.15, 0.2) is 29.1 Å². The first-order chi connectivity index (χ1) is 12.0. The van der Waals surface area contributed by atoms with Gasteiger partial charge in [0.25, 0.3) is 5.56 Å². The molecule has 1 aliphatic heterocycles. The van der Waals surface area contributed by atoms with Gasteiger partial charge in [0.05, 0.1) is 5.39 Å². The number of rotatable bonds is 4. The smallest absolute Gasteiger partial charge is 0.357 e. The van der Waals surface area contributed by atoms with E-state index < -0.39 is 11.5 Å². The number of hydrogen-bond acceptors (Lipinski definition) is 4. The van der Waals surface area contributed by atoms with Gasteiger partial charge in [0.2, 0.25) is 5.91 Å². The number of fused-ring (bicyclic) bond motifs is 1. The topological polar surface area (TPSA) is 92.5 Å². The molecule has 7 nitrogen and oxygen atoms in total. The van der Waals surface area contributed by atoms with Crippen molar-refractivity contribution in [1.82, 2.24) is 14.7 Å². The summed E-state index contributed by atoms with van der Waals surface area (Å²) in [5.74, 6) is -1.41. The van der Waals surface area contributed by atoms with E-state index in [-0.39, 0.29) is 35.0 Å². The monoisotopic (exact) mass is 343 g/mol. The van der Waals surface area contributed by atoms with Gasteiger partial charge in [-0.05, 0) is 31.7 Å². The number of carbonyl (C=O) groups is 2. The summed E-state index contributed by atoms with van der Waals surface area (Å²) in [6.07, 6.45) is 3.87. The molecule has 2 aromatic rings. The summed E-state index contributed by atoms with van der Waals surface area (Å²) in [5.41, 5.74) is -0.660. The van der Waals surface area contributed by atoms with Crippen LogP contribution in [0.3, 0.4) is 0 Å². The standard InChI is InChI=1S/C18H21N3O4/c1-2-12-7-5-6-10-20(12)15(22)11-21-17(23)14-9-4-3-8-13(14)16(19-21)18(24)25/h3-4,8-9,12H,2,5-7,10-11H2,1H3,(H,24,25)/t12-/m0/s1. The number of carboxylic acid groups (broad SMARTS) is 1. The lowest BCUT2D eigenvalue weighted by Gasteiger charge is -2.35. The van der Waals surface area contributed by atoms with E-state index >= 15 is 0 Å². The van der Waals surface area contributed by atoms with E-state index in [1.165, 1.54) is 0 Å². The molecule has 0 spiro atoms. The summed E-state index contributed by atoms with van der Waals surface area (Å²) in [4.78, 5) is 38.6. The summed E-state index contributed by atoms with van der Waals surface area (Å²) in [5, 5.41) is 13.9. The minimum atomic E-state index is -1.22. The summed E-state index contributed by atoms with van der Waals surface area (Å²) in [6, 6.07) is 6.61. The molecule has 7 heteroatoms. The quantitative estimate of drug-likeness (QED) is 0.915. The molecule has 1 N–H and O–H groups in total. The van der Waals surface area contributed by atoms with Crippen LogP contribution in [0.2, 0.25) is 0 Å². The van der Waals surface area contributed by atoms with Crippen LogP contribution in [-0.2, 0) is 11.3 Å².